The number of rotatable bonds is 6. The van der Waals surface area contributed by atoms with Crippen LogP contribution in [0, 0.1) is 0 Å². The summed E-state index contributed by atoms with van der Waals surface area (Å²) in [7, 11) is 1.82. The topological polar surface area (TPSA) is 67.1 Å². The van der Waals surface area contributed by atoms with Crippen molar-refractivity contribution >= 4 is 40.7 Å². The van der Waals surface area contributed by atoms with Gasteiger partial charge in [-0.2, -0.15) is 0 Å². The number of benzene rings is 2. The summed E-state index contributed by atoms with van der Waals surface area (Å²) in [6, 6.07) is 15.2. The van der Waals surface area contributed by atoms with Crippen LogP contribution in [0.4, 0.5) is 0 Å². The average Bonchev–Trinajstić information content (AvgIpc) is 3.01. The summed E-state index contributed by atoms with van der Waals surface area (Å²) in [6.07, 6.45) is 6.77. The Bertz CT molecular complexity index is 1010. The quantitative estimate of drug-likeness (QED) is 0.210. The second kappa shape index (κ2) is 11.5. The number of nitrogens with zero attached hydrogens (tertiary/aromatic N) is 4. The van der Waals surface area contributed by atoms with Crippen molar-refractivity contribution in [2.24, 2.45) is 4.99 Å². The van der Waals surface area contributed by atoms with Crippen molar-refractivity contribution in [1.82, 2.24) is 25.4 Å². The van der Waals surface area contributed by atoms with E-state index < -0.39 is 0 Å². The molecule has 0 saturated heterocycles. The van der Waals surface area contributed by atoms with Gasteiger partial charge in [-0.25, -0.2) is 0 Å². The lowest BCUT2D eigenvalue weighted by molar-refractivity contribution is 0.592. The molecule has 1 aliphatic rings. The number of aryl methyl sites for hydroxylation is 2. The number of guanidine groups is 1. The van der Waals surface area contributed by atoms with Crippen LogP contribution >= 0.6 is 24.0 Å². The molecule has 0 amide bonds. The number of halogens is 1. The summed E-state index contributed by atoms with van der Waals surface area (Å²) in [5, 5.41) is 18.3. The largest absolute Gasteiger partial charge is 0.356 e. The molecule has 0 fully saturated rings. The lowest BCUT2D eigenvalue weighted by atomic mass is 10.0. The molecule has 2 heterocycles. The van der Waals surface area contributed by atoms with E-state index in [0.29, 0.717) is 0 Å². The monoisotopic (exact) mass is 532 g/mol. The molecule has 2 N–H and O–H groups in total. The van der Waals surface area contributed by atoms with Gasteiger partial charge in [0.1, 0.15) is 11.6 Å². The van der Waals surface area contributed by atoms with Gasteiger partial charge in [-0.3, -0.25) is 4.99 Å². The highest BCUT2D eigenvalue weighted by atomic mass is 127. The molecule has 1 aromatic heterocycles. The van der Waals surface area contributed by atoms with Crippen LogP contribution in [0.15, 0.2) is 47.5 Å². The van der Waals surface area contributed by atoms with E-state index in [9.17, 15) is 0 Å². The molecular weight excluding hydrogens is 499 g/mol. The molecular formula is C24H33IN6. The Balaban J connectivity index is 0.00000272. The summed E-state index contributed by atoms with van der Waals surface area (Å²) < 4.78 is 2.34. The minimum atomic E-state index is 0. The predicted octanol–water partition coefficient (Wildman–Crippen LogP) is 4.63. The van der Waals surface area contributed by atoms with Crippen LogP contribution in [-0.2, 0) is 19.4 Å². The maximum atomic E-state index is 4.43. The maximum Gasteiger partial charge on any atom is 0.191 e. The van der Waals surface area contributed by atoms with Crippen LogP contribution in [-0.4, -0.2) is 34.3 Å². The van der Waals surface area contributed by atoms with Crippen LogP contribution < -0.4 is 10.6 Å². The minimum absolute atomic E-state index is 0. The fourth-order valence-electron chi connectivity index (χ4n) is 4.14. The fourth-order valence-corrected chi connectivity index (χ4v) is 4.14. The van der Waals surface area contributed by atoms with Crippen LogP contribution in [0.5, 0.6) is 0 Å². The van der Waals surface area contributed by atoms with Crippen LogP contribution in [0.1, 0.15) is 55.9 Å². The molecule has 3 aromatic rings. The highest BCUT2D eigenvalue weighted by Crippen LogP contribution is 2.20. The fraction of sp³-hybridized carbons (Fsp3) is 0.458. The third-order valence-corrected chi connectivity index (χ3v) is 5.91. The van der Waals surface area contributed by atoms with Crippen molar-refractivity contribution in [2.45, 2.75) is 58.0 Å². The van der Waals surface area contributed by atoms with Crippen molar-refractivity contribution in [3.63, 3.8) is 0 Å². The zero-order valence-electron chi connectivity index (χ0n) is 18.5. The Hall–Kier alpha value is -2.16. The Morgan fingerprint density at radius 2 is 1.94 bits per heavy atom. The standard InChI is InChI=1S/C24H32N6.HI/c1-18(20-14-13-19-9-5-6-10-21(19)17-20)27-24(25-2)26-15-8-12-23-29-28-22-11-4-3-7-16-30(22)23;/h5-6,9-10,13-14,17-18H,3-4,7-8,11-12,15-16H2,1-2H3,(H2,25,26,27);1H. The smallest absolute Gasteiger partial charge is 0.191 e. The van der Waals surface area contributed by atoms with Crippen molar-refractivity contribution in [3.05, 3.63) is 59.7 Å². The first-order valence-corrected chi connectivity index (χ1v) is 11.1. The second-order valence-electron chi connectivity index (χ2n) is 8.07. The van der Waals surface area contributed by atoms with Gasteiger partial charge in [0.15, 0.2) is 5.96 Å². The van der Waals surface area contributed by atoms with E-state index >= 15 is 0 Å². The number of hydrogen-bond donors (Lipinski definition) is 2. The molecule has 7 heteroatoms. The van der Waals surface area contributed by atoms with Gasteiger partial charge in [0.2, 0.25) is 0 Å². The molecule has 31 heavy (non-hydrogen) atoms. The van der Waals surface area contributed by atoms with Crippen molar-refractivity contribution in [2.75, 3.05) is 13.6 Å². The van der Waals surface area contributed by atoms with Gasteiger partial charge >= 0.3 is 0 Å². The minimum Gasteiger partial charge on any atom is -0.356 e. The maximum absolute atomic E-state index is 4.43. The van der Waals surface area contributed by atoms with E-state index in [0.717, 1.165) is 50.0 Å². The van der Waals surface area contributed by atoms with Gasteiger partial charge in [0.05, 0.1) is 6.04 Å². The van der Waals surface area contributed by atoms with Crippen LogP contribution in [0.3, 0.4) is 0 Å². The van der Waals surface area contributed by atoms with E-state index in [1.807, 2.05) is 7.05 Å². The van der Waals surface area contributed by atoms with E-state index in [4.69, 9.17) is 0 Å². The van der Waals surface area contributed by atoms with Crippen molar-refractivity contribution < 1.29 is 0 Å². The molecule has 1 unspecified atom stereocenters. The SMILES string of the molecule is CN=C(NCCCc1nnc2n1CCCCC2)NC(C)c1ccc2ccccc2c1.I. The average molecular weight is 532 g/mol. The van der Waals surface area contributed by atoms with Crippen molar-refractivity contribution in [3.8, 4) is 0 Å². The van der Waals surface area contributed by atoms with Crippen LogP contribution in [0.2, 0.25) is 0 Å². The second-order valence-corrected chi connectivity index (χ2v) is 8.07. The van der Waals surface area contributed by atoms with Gasteiger partial charge < -0.3 is 15.2 Å². The van der Waals surface area contributed by atoms with Gasteiger partial charge in [-0.15, -0.1) is 34.2 Å². The lowest BCUT2D eigenvalue weighted by Crippen LogP contribution is -2.39. The Kier molecular flexibility index (Phi) is 8.69. The summed E-state index contributed by atoms with van der Waals surface area (Å²) in [5.74, 6) is 3.12. The Morgan fingerprint density at radius 1 is 1.10 bits per heavy atom. The summed E-state index contributed by atoms with van der Waals surface area (Å²) in [5.41, 5.74) is 1.25. The van der Waals surface area contributed by atoms with Crippen molar-refractivity contribution in [1.29, 1.82) is 0 Å². The van der Waals surface area contributed by atoms with Gasteiger partial charge in [0.25, 0.3) is 0 Å². The van der Waals surface area contributed by atoms with E-state index in [2.05, 4.69) is 79.8 Å². The number of fused-ring (bicyclic) bond motifs is 2. The molecule has 0 saturated carbocycles. The number of hydrogen-bond acceptors (Lipinski definition) is 3. The number of nitrogens with one attached hydrogen (secondary N) is 2. The number of aromatic nitrogens is 3. The summed E-state index contributed by atoms with van der Waals surface area (Å²) in [4.78, 5) is 4.39. The molecule has 2 aromatic carbocycles. The molecule has 0 bridgehead atoms. The summed E-state index contributed by atoms with van der Waals surface area (Å²) >= 11 is 0. The normalized spacial score (nSPS) is 15.0. The zero-order chi connectivity index (χ0) is 20.8. The molecule has 6 nitrogen and oxygen atoms in total. The number of aliphatic imine (C=N–C) groups is 1. The molecule has 1 aliphatic heterocycles. The third-order valence-electron chi connectivity index (χ3n) is 5.91. The highest BCUT2D eigenvalue weighted by molar-refractivity contribution is 14.0. The van der Waals surface area contributed by atoms with Gasteiger partial charge in [-0.05, 0) is 48.6 Å². The van der Waals surface area contributed by atoms with E-state index in [-0.39, 0.29) is 30.0 Å². The Labute approximate surface area is 202 Å². The molecule has 4 rings (SSSR count). The van der Waals surface area contributed by atoms with Gasteiger partial charge in [-0.1, -0.05) is 42.8 Å². The van der Waals surface area contributed by atoms with Crippen LogP contribution in [0.25, 0.3) is 10.8 Å². The molecule has 1 atom stereocenters. The first-order valence-electron chi connectivity index (χ1n) is 11.1. The van der Waals surface area contributed by atoms with E-state index in [1.54, 1.807) is 0 Å². The summed E-state index contributed by atoms with van der Waals surface area (Å²) in [6.45, 7) is 4.09. The molecule has 0 radical (unpaired) electrons. The first-order chi connectivity index (χ1) is 14.7. The highest BCUT2D eigenvalue weighted by Gasteiger charge is 2.14. The molecule has 0 aliphatic carbocycles. The van der Waals surface area contributed by atoms with E-state index in [1.165, 1.54) is 35.6 Å². The Morgan fingerprint density at radius 3 is 2.77 bits per heavy atom. The third kappa shape index (κ3) is 5.96. The zero-order valence-corrected chi connectivity index (χ0v) is 20.8. The lowest BCUT2D eigenvalue weighted by Gasteiger charge is -2.19. The molecule has 166 valence electrons. The van der Waals surface area contributed by atoms with Gasteiger partial charge in [0, 0.05) is 33.0 Å². The molecule has 0 spiro atoms. The first kappa shape index (κ1) is 23.5. The predicted molar refractivity (Wildman–Crippen MR) is 138 cm³/mol.